The molecule has 3 rings (SSSR count). The van der Waals surface area contributed by atoms with Crippen LogP contribution in [-0.4, -0.2) is 35.6 Å². The lowest BCUT2D eigenvalue weighted by atomic mass is 10.0. The number of rotatable bonds is 5. The van der Waals surface area contributed by atoms with Gasteiger partial charge in [-0.2, -0.15) is 0 Å². The normalized spacial score (nSPS) is 16.5. The van der Waals surface area contributed by atoms with Gasteiger partial charge in [-0.1, -0.05) is 6.07 Å². The summed E-state index contributed by atoms with van der Waals surface area (Å²) in [5.74, 6) is 1.11. The van der Waals surface area contributed by atoms with Crippen molar-refractivity contribution < 1.29 is 0 Å². The van der Waals surface area contributed by atoms with E-state index in [9.17, 15) is 0 Å². The van der Waals surface area contributed by atoms with Gasteiger partial charge in [0.25, 0.3) is 0 Å². The minimum absolute atomic E-state index is 0.633. The van der Waals surface area contributed by atoms with E-state index in [1.165, 1.54) is 18.5 Å². The summed E-state index contributed by atoms with van der Waals surface area (Å²) in [7, 11) is 0. The molecule has 1 aliphatic heterocycles. The molecule has 0 aromatic carbocycles. The van der Waals surface area contributed by atoms with E-state index in [-0.39, 0.29) is 0 Å². The van der Waals surface area contributed by atoms with Crippen LogP contribution in [-0.2, 0) is 6.42 Å². The standard InChI is InChI=1S/C15H20N4S/c1-2-7-17-15(3-1)19-9-5-13(6-10-19)16-8-4-14-11-20-12-18-14/h1-3,7,11-13,16H,4-6,8-10H2. The van der Waals surface area contributed by atoms with Crippen LogP contribution in [0.15, 0.2) is 35.3 Å². The minimum atomic E-state index is 0.633. The van der Waals surface area contributed by atoms with Crippen LogP contribution in [0.3, 0.4) is 0 Å². The average Bonchev–Trinajstić information content (AvgIpc) is 3.02. The number of thiazole rings is 1. The number of nitrogens with one attached hydrogen (secondary N) is 1. The van der Waals surface area contributed by atoms with Crippen LogP contribution < -0.4 is 10.2 Å². The lowest BCUT2D eigenvalue weighted by Gasteiger charge is -2.33. The molecule has 3 heterocycles. The van der Waals surface area contributed by atoms with E-state index in [1.807, 2.05) is 17.8 Å². The Hall–Kier alpha value is -1.46. The number of aromatic nitrogens is 2. The second kappa shape index (κ2) is 6.81. The van der Waals surface area contributed by atoms with Gasteiger partial charge in [0, 0.05) is 43.7 Å². The van der Waals surface area contributed by atoms with E-state index < -0.39 is 0 Å². The SMILES string of the molecule is c1ccc(N2CCC(NCCc3cscn3)CC2)nc1. The number of nitrogens with zero attached hydrogens (tertiary/aromatic N) is 3. The Morgan fingerprint density at radius 2 is 2.15 bits per heavy atom. The zero-order valence-corrected chi connectivity index (χ0v) is 12.4. The molecule has 1 fully saturated rings. The highest BCUT2D eigenvalue weighted by Crippen LogP contribution is 2.17. The molecule has 0 bridgehead atoms. The molecule has 20 heavy (non-hydrogen) atoms. The van der Waals surface area contributed by atoms with Gasteiger partial charge in [0.1, 0.15) is 5.82 Å². The van der Waals surface area contributed by atoms with Crippen LogP contribution in [0, 0.1) is 0 Å². The van der Waals surface area contributed by atoms with Gasteiger partial charge in [0.2, 0.25) is 0 Å². The Bertz CT molecular complexity index is 492. The molecule has 1 saturated heterocycles. The van der Waals surface area contributed by atoms with Crippen LogP contribution in [0.25, 0.3) is 0 Å². The van der Waals surface area contributed by atoms with Gasteiger partial charge < -0.3 is 10.2 Å². The van der Waals surface area contributed by atoms with E-state index in [0.29, 0.717) is 6.04 Å². The molecule has 5 heteroatoms. The van der Waals surface area contributed by atoms with Crippen molar-refractivity contribution in [2.45, 2.75) is 25.3 Å². The van der Waals surface area contributed by atoms with Crippen LogP contribution in [0.1, 0.15) is 18.5 Å². The first-order chi connectivity index (χ1) is 9.92. The molecule has 4 nitrogen and oxygen atoms in total. The second-order valence-corrected chi connectivity index (χ2v) is 5.85. The predicted octanol–water partition coefficient (Wildman–Crippen LogP) is 2.34. The van der Waals surface area contributed by atoms with Crippen molar-refractivity contribution in [3.05, 3.63) is 41.0 Å². The van der Waals surface area contributed by atoms with Crippen molar-refractivity contribution in [2.24, 2.45) is 0 Å². The van der Waals surface area contributed by atoms with Crippen LogP contribution in [0.5, 0.6) is 0 Å². The van der Waals surface area contributed by atoms with Gasteiger partial charge in [-0.3, -0.25) is 0 Å². The van der Waals surface area contributed by atoms with Gasteiger partial charge in [-0.15, -0.1) is 11.3 Å². The summed E-state index contributed by atoms with van der Waals surface area (Å²) < 4.78 is 0. The zero-order chi connectivity index (χ0) is 13.6. The highest BCUT2D eigenvalue weighted by molar-refractivity contribution is 7.07. The predicted molar refractivity (Wildman–Crippen MR) is 83.3 cm³/mol. The molecule has 0 amide bonds. The van der Waals surface area contributed by atoms with Gasteiger partial charge in [-0.25, -0.2) is 9.97 Å². The molecule has 1 N–H and O–H groups in total. The average molecular weight is 288 g/mol. The molecule has 0 saturated carbocycles. The van der Waals surface area contributed by atoms with Crippen molar-refractivity contribution in [2.75, 3.05) is 24.5 Å². The summed E-state index contributed by atoms with van der Waals surface area (Å²) >= 11 is 1.67. The maximum atomic E-state index is 4.42. The van der Waals surface area contributed by atoms with Crippen LogP contribution >= 0.6 is 11.3 Å². The lowest BCUT2D eigenvalue weighted by Crippen LogP contribution is -2.43. The Labute approximate surface area is 123 Å². The summed E-state index contributed by atoms with van der Waals surface area (Å²) in [6.45, 7) is 3.20. The van der Waals surface area contributed by atoms with Crippen molar-refractivity contribution in [3.8, 4) is 0 Å². The number of hydrogen-bond acceptors (Lipinski definition) is 5. The summed E-state index contributed by atoms with van der Waals surface area (Å²) in [4.78, 5) is 11.1. The van der Waals surface area contributed by atoms with Crippen LogP contribution in [0.2, 0.25) is 0 Å². The topological polar surface area (TPSA) is 41.0 Å². The molecule has 1 aliphatic rings. The largest absolute Gasteiger partial charge is 0.357 e. The van der Waals surface area contributed by atoms with Crippen LogP contribution in [0.4, 0.5) is 5.82 Å². The Kier molecular flexibility index (Phi) is 4.61. The Morgan fingerprint density at radius 1 is 1.25 bits per heavy atom. The van der Waals surface area contributed by atoms with E-state index in [0.717, 1.165) is 31.9 Å². The van der Waals surface area contributed by atoms with Gasteiger partial charge in [0.05, 0.1) is 11.2 Å². The molecule has 0 atom stereocenters. The maximum absolute atomic E-state index is 4.42. The molecule has 0 aliphatic carbocycles. The Morgan fingerprint density at radius 3 is 2.85 bits per heavy atom. The third-order valence-electron chi connectivity index (χ3n) is 3.77. The first kappa shape index (κ1) is 13.5. The van der Waals surface area contributed by atoms with E-state index in [4.69, 9.17) is 0 Å². The molecule has 2 aromatic heterocycles. The zero-order valence-electron chi connectivity index (χ0n) is 11.5. The van der Waals surface area contributed by atoms with Crippen molar-refractivity contribution in [1.82, 2.24) is 15.3 Å². The summed E-state index contributed by atoms with van der Waals surface area (Å²) in [5, 5.41) is 5.78. The summed E-state index contributed by atoms with van der Waals surface area (Å²) in [6, 6.07) is 6.75. The third kappa shape index (κ3) is 3.55. The number of hydrogen-bond donors (Lipinski definition) is 1. The summed E-state index contributed by atoms with van der Waals surface area (Å²) in [5.41, 5.74) is 3.11. The number of pyridine rings is 1. The quantitative estimate of drug-likeness (QED) is 0.917. The van der Waals surface area contributed by atoms with Crippen molar-refractivity contribution in [1.29, 1.82) is 0 Å². The first-order valence-corrected chi connectivity index (χ1v) is 8.12. The first-order valence-electron chi connectivity index (χ1n) is 7.18. The van der Waals surface area contributed by atoms with E-state index in [2.05, 4.69) is 37.7 Å². The highest BCUT2D eigenvalue weighted by Gasteiger charge is 2.19. The maximum Gasteiger partial charge on any atom is 0.128 e. The van der Waals surface area contributed by atoms with E-state index >= 15 is 0 Å². The number of anilines is 1. The Balaban J connectivity index is 1.40. The molecular weight excluding hydrogens is 268 g/mol. The van der Waals surface area contributed by atoms with E-state index in [1.54, 1.807) is 11.3 Å². The monoisotopic (exact) mass is 288 g/mol. The fourth-order valence-corrected chi connectivity index (χ4v) is 3.21. The molecule has 0 unspecified atom stereocenters. The van der Waals surface area contributed by atoms with Crippen molar-refractivity contribution in [3.63, 3.8) is 0 Å². The minimum Gasteiger partial charge on any atom is -0.357 e. The number of piperidine rings is 1. The van der Waals surface area contributed by atoms with Crippen molar-refractivity contribution >= 4 is 17.2 Å². The second-order valence-electron chi connectivity index (χ2n) is 5.13. The van der Waals surface area contributed by atoms with Gasteiger partial charge >= 0.3 is 0 Å². The van der Waals surface area contributed by atoms with Gasteiger partial charge in [-0.05, 0) is 25.0 Å². The molecular formula is C15H20N4S. The fourth-order valence-electron chi connectivity index (χ4n) is 2.62. The lowest BCUT2D eigenvalue weighted by molar-refractivity contribution is 0.416. The molecule has 0 spiro atoms. The molecule has 2 aromatic rings. The molecule has 106 valence electrons. The molecule has 0 radical (unpaired) electrons. The highest BCUT2D eigenvalue weighted by atomic mass is 32.1. The smallest absolute Gasteiger partial charge is 0.128 e. The summed E-state index contributed by atoms with van der Waals surface area (Å²) in [6.07, 6.45) is 5.28. The fraction of sp³-hybridized carbons (Fsp3) is 0.467. The third-order valence-corrected chi connectivity index (χ3v) is 4.40. The van der Waals surface area contributed by atoms with Gasteiger partial charge in [0.15, 0.2) is 0 Å².